The van der Waals surface area contributed by atoms with E-state index in [-0.39, 0.29) is 0 Å². The summed E-state index contributed by atoms with van der Waals surface area (Å²) in [6.45, 7) is 4.49. The topological polar surface area (TPSA) is 0 Å². The molecule has 12 heavy (non-hydrogen) atoms. The van der Waals surface area contributed by atoms with Crippen LogP contribution in [-0.2, 0) is 0 Å². The molecule has 1 aliphatic carbocycles. The van der Waals surface area contributed by atoms with Crippen LogP contribution >= 0.6 is 15.9 Å². The highest BCUT2D eigenvalue weighted by Crippen LogP contribution is 2.28. The first-order valence-electron chi connectivity index (χ1n) is 4.62. The van der Waals surface area contributed by atoms with Gasteiger partial charge in [0.15, 0.2) is 0 Å². The fourth-order valence-electron chi connectivity index (χ4n) is 1.67. The van der Waals surface area contributed by atoms with Crippen molar-refractivity contribution in [3.8, 4) is 0 Å². The molecule has 0 saturated heterocycles. The van der Waals surface area contributed by atoms with Crippen LogP contribution < -0.4 is 0 Å². The smallest absolute Gasteiger partial charge is 0.0214 e. The minimum atomic E-state index is 0.811. The highest BCUT2D eigenvalue weighted by atomic mass is 79.9. The van der Waals surface area contributed by atoms with Crippen LogP contribution in [0.3, 0.4) is 0 Å². The fourth-order valence-corrected chi connectivity index (χ4v) is 2.18. The Morgan fingerprint density at radius 1 is 1.75 bits per heavy atom. The molecule has 1 atom stereocenters. The van der Waals surface area contributed by atoms with Gasteiger partial charge < -0.3 is 0 Å². The van der Waals surface area contributed by atoms with Gasteiger partial charge in [0.2, 0.25) is 0 Å². The van der Waals surface area contributed by atoms with Crippen molar-refractivity contribution >= 4 is 15.9 Å². The van der Waals surface area contributed by atoms with Crippen LogP contribution in [0.15, 0.2) is 23.3 Å². The quantitative estimate of drug-likeness (QED) is 0.494. The molecule has 1 unspecified atom stereocenters. The van der Waals surface area contributed by atoms with Crippen molar-refractivity contribution in [1.29, 1.82) is 0 Å². The maximum absolute atomic E-state index is 3.44. The third-order valence-electron chi connectivity index (χ3n) is 2.68. The van der Waals surface area contributed by atoms with E-state index in [1.807, 2.05) is 0 Å². The van der Waals surface area contributed by atoms with Gasteiger partial charge in [0.05, 0.1) is 0 Å². The summed E-state index contributed by atoms with van der Waals surface area (Å²) < 4.78 is 0. The van der Waals surface area contributed by atoms with Crippen molar-refractivity contribution < 1.29 is 0 Å². The average Bonchev–Trinajstić information content (AvgIpc) is 2.06. The molecular formula is C11H17Br. The third kappa shape index (κ3) is 2.78. The van der Waals surface area contributed by atoms with E-state index in [2.05, 4.69) is 41.9 Å². The third-order valence-corrected chi connectivity index (χ3v) is 3.00. The van der Waals surface area contributed by atoms with Crippen LogP contribution in [0.1, 0.15) is 33.1 Å². The largest absolute Gasteiger partial charge is 0.0883 e. The molecule has 0 N–H and O–H groups in total. The molecule has 0 amide bonds. The van der Waals surface area contributed by atoms with E-state index in [1.165, 1.54) is 19.3 Å². The molecule has 0 aromatic carbocycles. The van der Waals surface area contributed by atoms with Gasteiger partial charge >= 0.3 is 0 Å². The van der Waals surface area contributed by atoms with Gasteiger partial charge in [-0.15, -0.1) is 0 Å². The molecule has 0 aromatic heterocycles. The van der Waals surface area contributed by atoms with Gasteiger partial charge in [-0.25, -0.2) is 0 Å². The Kier molecular flexibility index (Phi) is 4.07. The second-order valence-electron chi connectivity index (χ2n) is 3.62. The van der Waals surface area contributed by atoms with Gasteiger partial charge in [-0.3, -0.25) is 0 Å². The number of halogens is 1. The van der Waals surface area contributed by atoms with Crippen LogP contribution in [-0.4, -0.2) is 5.33 Å². The maximum Gasteiger partial charge on any atom is 0.0214 e. The average molecular weight is 229 g/mol. The van der Waals surface area contributed by atoms with Gasteiger partial charge in [-0.05, 0) is 39.0 Å². The molecule has 0 heterocycles. The molecule has 1 heteroatoms. The predicted octanol–water partition coefficient (Wildman–Crippen LogP) is 4.07. The second kappa shape index (κ2) is 4.86. The van der Waals surface area contributed by atoms with E-state index in [0.717, 1.165) is 11.2 Å². The van der Waals surface area contributed by atoms with Gasteiger partial charge in [-0.2, -0.15) is 0 Å². The van der Waals surface area contributed by atoms with Crippen LogP contribution in [0.2, 0.25) is 0 Å². The zero-order valence-corrected chi connectivity index (χ0v) is 9.52. The maximum atomic E-state index is 3.44. The lowest BCUT2D eigenvalue weighted by Crippen LogP contribution is -2.06. The summed E-state index contributed by atoms with van der Waals surface area (Å²) in [5.74, 6) is 0.811. The Morgan fingerprint density at radius 3 is 3.00 bits per heavy atom. The number of hydrogen-bond acceptors (Lipinski definition) is 0. The summed E-state index contributed by atoms with van der Waals surface area (Å²) in [7, 11) is 0. The molecule has 0 saturated carbocycles. The molecule has 0 fully saturated rings. The van der Waals surface area contributed by atoms with Crippen molar-refractivity contribution in [2.24, 2.45) is 5.92 Å². The van der Waals surface area contributed by atoms with Crippen LogP contribution in [0.25, 0.3) is 0 Å². The zero-order valence-electron chi connectivity index (χ0n) is 7.94. The van der Waals surface area contributed by atoms with E-state index >= 15 is 0 Å². The zero-order chi connectivity index (χ0) is 8.97. The summed E-state index contributed by atoms with van der Waals surface area (Å²) in [4.78, 5) is 0. The Hall–Kier alpha value is -0.0400. The molecule has 0 aromatic rings. The highest BCUT2D eigenvalue weighted by molar-refractivity contribution is 9.09. The lowest BCUT2D eigenvalue weighted by atomic mass is 9.85. The van der Waals surface area contributed by atoms with Crippen LogP contribution in [0, 0.1) is 5.92 Å². The van der Waals surface area contributed by atoms with Gasteiger partial charge in [0, 0.05) is 5.33 Å². The molecule has 0 aliphatic heterocycles. The highest BCUT2D eigenvalue weighted by Gasteiger charge is 2.13. The Labute approximate surface area is 83.9 Å². The first-order valence-corrected chi connectivity index (χ1v) is 5.74. The summed E-state index contributed by atoms with van der Waals surface area (Å²) in [6, 6.07) is 0. The summed E-state index contributed by atoms with van der Waals surface area (Å²) in [5.41, 5.74) is 3.12. The van der Waals surface area contributed by atoms with Gasteiger partial charge in [-0.1, -0.05) is 39.2 Å². The van der Waals surface area contributed by atoms with Crippen molar-refractivity contribution in [2.45, 2.75) is 33.1 Å². The van der Waals surface area contributed by atoms with Crippen molar-refractivity contribution in [3.63, 3.8) is 0 Å². The van der Waals surface area contributed by atoms with Crippen molar-refractivity contribution in [1.82, 2.24) is 0 Å². The van der Waals surface area contributed by atoms with E-state index in [4.69, 9.17) is 0 Å². The number of hydrogen-bond donors (Lipinski definition) is 0. The fraction of sp³-hybridized carbons (Fsp3) is 0.636. The van der Waals surface area contributed by atoms with E-state index in [9.17, 15) is 0 Å². The minimum absolute atomic E-state index is 0.811. The standard InChI is InChI=1S/C11H17Br/c1-9-3-5-11(6-4-9)10(2)7-8-12/h3,7,11H,4-6,8H2,1-2H3/b10-7-. The summed E-state index contributed by atoms with van der Waals surface area (Å²) in [6.07, 6.45) is 8.57. The summed E-state index contributed by atoms with van der Waals surface area (Å²) in [5, 5.41) is 0.998. The molecule has 1 rings (SSSR count). The molecule has 0 radical (unpaired) electrons. The number of allylic oxidation sites excluding steroid dienone is 4. The van der Waals surface area contributed by atoms with E-state index < -0.39 is 0 Å². The molecule has 0 nitrogen and oxygen atoms in total. The lowest BCUT2D eigenvalue weighted by Gasteiger charge is -2.21. The minimum Gasteiger partial charge on any atom is -0.0883 e. The Morgan fingerprint density at radius 2 is 2.50 bits per heavy atom. The molecular weight excluding hydrogens is 212 g/mol. The predicted molar refractivity (Wildman–Crippen MR) is 58.6 cm³/mol. The molecule has 0 spiro atoms. The SMILES string of the molecule is CC1=CCC(/C(C)=C\CBr)CC1. The normalized spacial score (nSPS) is 25.4. The first-order chi connectivity index (χ1) is 5.74. The lowest BCUT2D eigenvalue weighted by molar-refractivity contribution is 0.538. The molecule has 1 aliphatic rings. The Balaban J connectivity index is 2.51. The second-order valence-corrected chi connectivity index (χ2v) is 4.27. The molecule has 0 bridgehead atoms. The van der Waals surface area contributed by atoms with Crippen molar-refractivity contribution in [2.75, 3.05) is 5.33 Å². The number of alkyl halides is 1. The van der Waals surface area contributed by atoms with Gasteiger partial charge in [0.1, 0.15) is 0 Å². The number of rotatable bonds is 2. The first kappa shape index (κ1) is 10.0. The Bertz CT molecular complexity index is 201. The van der Waals surface area contributed by atoms with Crippen LogP contribution in [0.5, 0.6) is 0 Å². The van der Waals surface area contributed by atoms with Crippen molar-refractivity contribution in [3.05, 3.63) is 23.3 Å². The van der Waals surface area contributed by atoms with E-state index in [0.29, 0.717) is 0 Å². The van der Waals surface area contributed by atoms with Gasteiger partial charge in [0.25, 0.3) is 0 Å². The monoisotopic (exact) mass is 228 g/mol. The summed E-state index contributed by atoms with van der Waals surface area (Å²) >= 11 is 3.44. The molecule has 68 valence electrons. The van der Waals surface area contributed by atoms with E-state index in [1.54, 1.807) is 11.1 Å². The van der Waals surface area contributed by atoms with Crippen LogP contribution in [0.4, 0.5) is 0 Å².